The van der Waals surface area contributed by atoms with Crippen molar-refractivity contribution in [3.63, 3.8) is 0 Å². The average molecular weight is 342 g/mol. The molecule has 3 aromatic heterocycles. The Kier molecular flexibility index (Phi) is 5.00. The predicted octanol–water partition coefficient (Wildman–Crippen LogP) is 4.40. The fraction of sp³-hybridized carbons (Fsp3) is 0.294. The van der Waals surface area contributed by atoms with E-state index < -0.39 is 0 Å². The van der Waals surface area contributed by atoms with E-state index in [4.69, 9.17) is 9.25 Å². The summed E-state index contributed by atoms with van der Waals surface area (Å²) >= 11 is 1.51. The average Bonchev–Trinajstić information content (AvgIpc) is 3.25. The lowest BCUT2D eigenvalue weighted by molar-refractivity contribution is 0.0856. The smallest absolute Gasteiger partial charge is 0.238 e. The second-order valence-electron chi connectivity index (χ2n) is 5.35. The third-order valence-corrected chi connectivity index (χ3v) is 4.17. The van der Waals surface area contributed by atoms with Crippen molar-refractivity contribution in [2.24, 2.45) is 5.16 Å². The molecule has 0 aliphatic heterocycles. The molecule has 124 valence electrons. The lowest BCUT2D eigenvalue weighted by Gasteiger charge is -2.03. The number of hydrogen-bond acceptors (Lipinski definition) is 7. The van der Waals surface area contributed by atoms with Crippen LogP contribution >= 0.6 is 11.3 Å². The number of hydrogen-bond donors (Lipinski definition) is 0. The van der Waals surface area contributed by atoms with Gasteiger partial charge in [-0.2, -0.15) is 0 Å². The van der Waals surface area contributed by atoms with Gasteiger partial charge in [-0.25, -0.2) is 9.97 Å². The van der Waals surface area contributed by atoms with Crippen molar-refractivity contribution >= 4 is 17.0 Å². The van der Waals surface area contributed by atoms with Gasteiger partial charge in [-0.1, -0.05) is 12.1 Å². The van der Waals surface area contributed by atoms with Gasteiger partial charge >= 0.3 is 0 Å². The minimum Gasteiger partial charge on any atom is -0.443 e. The minimum absolute atomic E-state index is 0.0291. The first kappa shape index (κ1) is 16.3. The largest absolute Gasteiger partial charge is 0.443 e. The number of oxime groups is 1. The summed E-state index contributed by atoms with van der Waals surface area (Å²) < 4.78 is 5.60. The van der Waals surface area contributed by atoms with Crippen molar-refractivity contribution in [3.05, 3.63) is 42.7 Å². The molecule has 0 amide bonds. The van der Waals surface area contributed by atoms with Gasteiger partial charge in [0.05, 0.1) is 6.20 Å². The summed E-state index contributed by atoms with van der Waals surface area (Å²) in [7, 11) is 0. The SMILES string of the molecule is CC/C(=N\OC(C)C)c1coc(-c2cnc(-c3cccnc3)s2)n1. The third kappa shape index (κ3) is 3.68. The van der Waals surface area contributed by atoms with E-state index in [0.29, 0.717) is 18.0 Å². The number of rotatable bonds is 6. The van der Waals surface area contributed by atoms with E-state index in [1.807, 2.05) is 32.9 Å². The number of thiazole rings is 1. The quantitative estimate of drug-likeness (QED) is 0.490. The normalized spacial score (nSPS) is 11.9. The van der Waals surface area contributed by atoms with Crippen molar-refractivity contribution in [2.45, 2.75) is 33.3 Å². The molecule has 6 nitrogen and oxygen atoms in total. The number of pyridine rings is 1. The Morgan fingerprint density at radius 1 is 1.38 bits per heavy atom. The van der Waals surface area contributed by atoms with E-state index in [-0.39, 0.29) is 6.10 Å². The molecular weight excluding hydrogens is 324 g/mol. The van der Waals surface area contributed by atoms with Crippen LogP contribution in [0, 0.1) is 0 Å². The van der Waals surface area contributed by atoms with Gasteiger partial charge in [0.15, 0.2) is 0 Å². The van der Waals surface area contributed by atoms with E-state index in [2.05, 4.69) is 20.1 Å². The van der Waals surface area contributed by atoms with Crippen LogP contribution in [-0.2, 0) is 4.84 Å². The Labute approximate surface area is 144 Å². The molecule has 0 aliphatic rings. The van der Waals surface area contributed by atoms with Crippen LogP contribution in [0.15, 0.2) is 46.6 Å². The molecule has 0 unspecified atom stereocenters. The van der Waals surface area contributed by atoms with Gasteiger partial charge in [0, 0.05) is 18.0 Å². The van der Waals surface area contributed by atoms with Crippen LogP contribution in [0.25, 0.3) is 21.3 Å². The maximum absolute atomic E-state index is 5.60. The number of aromatic nitrogens is 3. The van der Waals surface area contributed by atoms with Crippen LogP contribution in [-0.4, -0.2) is 26.8 Å². The van der Waals surface area contributed by atoms with Crippen molar-refractivity contribution in [1.82, 2.24) is 15.0 Å². The van der Waals surface area contributed by atoms with E-state index in [1.165, 1.54) is 11.3 Å². The van der Waals surface area contributed by atoms with Crippen LogP contribution in [0.2, 0.25) is 0 Å². The maximum atomic E-state index is 5.60. The fourth-order valence-electron chi connectivity index (χ4n) is 1.98. The van der Waals surface area contributed by atoms with Gasteiger partial charge in [-0.05, 0) is 32.4 Å². The Balaban J connectivity index is 1.83. The molecule has 0 bridgehead atoms. The lowest BCUT2D eigenvalue weighted by atomic mass is 10.2. The molecule has 24 heavy (non-hydrogen) atoms. The molecule has 0 aliphatic carbocycles. The van der Waals surface area contributed by atoms with Gasteiger partial charge in [-0.15, -0.1) is 11.3 Å². The molecule has 0 spiro atoms. The first-order valence-electron chi connectivity index (χ1n) is 7.72. The van der Waals surface area contributed by atoms with Crippen LogP contribution in [0.5, 0.6) is 0 Å². The van der Waals surface area contributed by atoms with Crippen LogP contribution in [0.4, 0.5) is 0 Å². The summed E-state index contributed by atoms with van der Waals surface area (Å²) in [6.07, 6.45) is 7.63. The standard InChI is InChI=1S/C17H18N4O2S/c1-4-13(21-23-11(2)3)14-10-22-16(20-14)15-9-19-17(24-15)12-6-5-7-18-8-12/h5-11H,4H2,1-3H3/b21-13+. The molecular formula is C17H18N4O2S. The highest BCUT2D eigenvalue weighted by atomic mass is 32.1. The van der Waals surface area contributed by atoms with Gasteiger partial charge in [0.25, 0.3) is 0 Å². The zero-order chi connectivity index (χ0) is 16.9. The molecule has 3 aromatic rings. The molecule has 0 saturated heterocycles. The van der Waals surface area contributed by atoms with Crippen molar-refractivity contribution in [3.8, 4) is 21.3 Å². The molecule has 0 radical (unpaired) electrons. The van der Waals surface area contributed by atoms with Crippen molar-refractivity contribution < 1.29 is 9.25 Å². The van der Waals surface area contributed by atoms with Gasteiger partial charge < -0.3 is 9.25 Å². The summed E-state index contributed by atoms with van der Waals surface area (Å²) in [6.45, 7) is 5.87. The molecule has 0 aromatic carbocycles. The fourth-order valence-corrected chi connectivity index (χ4v) is 2.82. The summed E-state index contributed by atoms with van der Waals surface area (Å²) in [5.74, 6) is 0.531. The highest BCUT2D eigenvalue weighted by molar-refractivity contribution is 7.18. The van der Waals surface area contributed by atoms with Gasteiger partial charge in [0.1, 0.15) is 33.7 Å². The monoisotopic (exact) mass is 342 g/mol. The second kappa shape index (κ2) is 7.35. The predicted molar refractivity (Wildman–Crippen MR) is 93.9 cm³/mol. The second-order valence-corrected chi connectivity index (χ2v) is 6.39. The van der Waals surface area contributed by atoms with E-state index >= 15 is 0 Å². The summed E-state index contributed by atoms with van der Waals surface area (Å²) in [6, 6.07) is 3.86. The van der Waals surface area contributed by atoms with Crippen LogP contribution in [0.1, 0.15) is 32.9 Å². The molecule has 0 fully saturated rings. The Hall–Kier alpha value is -2.54. The van der Waals surface area contributed by atoms with Crippen LogP contribution < -0.4 is 0 Å². The summed E-state index contributed by atoms with van der Waals surface area (Å²) in [5.41, 5.74) is 2.42. The zero-order valence-electron chi connectivity index (χ0n) is 13.8. The zero-order valence-corrected chi connectivity index (χ0v) is 14.6. The van der Waals surface area contributed by atoms with Gasteiger partial charge in [0.2, 0.25) is 5.89 Å². The molecule has 0 N–H and O–H groups in total. The topological polar surface area (TPSA) is 73.4 Å². The van der Waals surface area contributed by atoms with E-state index in [9.17, 15) is 0 Å². The Morgan fingerprint density at radius 2 is 2.25 bits per heavy atom. The Morgan fingerprint density at radius 3 is 2.96 bits per heavy atom. The molecule has 3 rings (SSSR count). The Bertz CT molecular complexity index is 824. The third-order valence-electron chi connectivity index (χ3n) is 3.13. The van der Waals surface area contributed by atoms with Crippen molar-refractivity contribution in [1.29, 1.82) is 0 Å². The van der Waals surface area contributed by atoms with Crippen LogP contribution in [0.3, 0.4) is 0 Å². The highest BCUT2D eigenvalue weighted by Crippen LogP contribution is 2.31. The summed E-state index contributed by atoms with van der Waals surface area (Å²) in [5, 5.41) is 5.03. The lowest BCUT2D eigenvalue weighted by Crippen LogP contribution is -2.04. The highest BCUT2D eigenvalue weighted by Gasteiger charge is 2.14. The molecule has 7 heteroatoms. The maximum Gasteiger partial charge on any atom is 0.238 e. The molecule has 0 saturated carbocycles. The number of oxazole rings is 1. The van der Waals surface area contributed by atoms with Gasteiger partial charge in [-0.3, -0.25) is 4.98 Å². The molecule has 3 heterocycles. The summed E-state index contributed by atoms with van der Waals surface area (Å²) in [4.78, 5) is 19.2. The van der Waals surface area contributed by atoms with Crippen molar-refractivity contribution in [2.75, 3.05) is 0 Å². The first-order chi connectivity index (χ1) is 11.7. The molecule has 0 atom stereocenters. The minimum atomic E-state index is 0.0291. The number of nitrogens with zero attached hydrogens (tertiary/aromatic N) is 4. The van der Waals surface area contributed by atoms with E-state index in [1.54, 1.807) is 24.9 Å². The van der Waals surface area contributed by atoms with E-state index in [0.717, 1.165) is 21.2 Å². The first-order valence-corrected chi connectivity index (χ1v) is 8.54.